The number of para-hydroxylation sites is 3. The molecule has 11 aromatic rings. The molecule has 0 aliphatic heterocycles. The van der Waals surface area contributed by atoms with Gasteiger partial charge in [-0.25, -0.2) is 0 Å². The molecule has 0 saturated carbocycles. The van der Waals surface area contributed by atoms with Crippen LogP contribution < -0.4 is 20.7 Å². The van der Waals surface area contributed by atoms with Crippen molar-refractivity contribution in [3.05, 3.63) is 231 Å². The van der Waals surface area contributed by atoms with Crippen LogP contribution in [0.25, 0.3) is 66.1 Å². The zero-order valence-electron chi connectivity index (χ0n) is 31.3. The van der Waals surface area contributed by atoms with Gasteiger partial charge in [0.15, 0.2) is 8.07 Å². The number of hydrogen-bond donors (Lipinski definition) is 0. The van der Waals surface area contributed by atoms with Gasteiger partial charge in [-0.05, 0) is 62.7 Å². The Morgan fingerprint density at radius 1 is 0.316 bits per heavy atom. The fourth-order valence-electron chi connectivity index (χ4n) is 9.60. The van der Waals surface area contributed by atoms with E-state index < -0.39 is 8.07 Å². The third-order valence-corrected chi connectivity index (χ3v) is 16.7. The van der Waals surface area contributed by atoms with E-state index >= 15 is 0 Å². The molecular formula is C54H38N2Si. The summed E-state index contributed by atoms with van der Waals surface area (Å²) >= 11 is 0. The molecule has 0 unspecified atom stereocenters. The maximum Gasteiger partial charge on any atom is 0.180 e. The van der Waals surface area contributed by atoms with Crippen LogP contribution in [0.3, 0.4) is 0 Å². The summed E-state index contributed by atoms with van der Waals surface area (Å²) < 4.78 is 5.00. The van der Waals surface area contributed by atoms with Gasteiger partial charge in [0.05, 0.1) is 27.8 Å². The fourth-order valence-corrected chi connectivity index (χ4v) is 14.6. The van der Waals surface area contributed by atoms with E-state index in [2.05, 4.69) is 240 Å². The zero-order valence-corrected chi connectivity index (χ0v) is 32.3. The predicted octanol–water partition coefficient (Wildman–Crippen LogP) is 10.9. The Morgan fingerprint density at radius 3 is 1.42 bits per heavy atom. The summed E-state index contributed by atoms with van der Waals surface area (Å²) in [4.78, 5) is 0. The Hall–Kier alpha value is -7.20. The predicted molar refractivity (Wildman–Crippen MR) is 244 cm³/mol. The SMILES string of the molecule is c1ccc(-c2cccc3c4c([Si](c5ccccc5)(c5ccccc5)c5ccccc5)cccc4n(-c4cccc5c4c4ccccc4n5-c4ccccc4)c23)cc1. The fraction of sp³-hybridized carbons (Fsp3) is 0. The first kappa shape index (κ1) is 33.2. The molecule has 0 N–H and O–H groups in total. The van der Waals surface area contributed by atoms with E-state index in [0.717, 1.165) is 5.69 Å². The molecule has 0 fully saturated rings. The lowest BCUT2D eigenvalue weighted by molar-refractivity contribution is 1.17. The Labute approximate surface area is 333 Å². The molecule has 11 rings (SSSR count). The standard InChI is InChI=1S/C54H38N2Si/c1-6-21-39(22-7-1)44-32-18-33-46-53-50(37-20-38-51(53)57(41-25-10-3-11-26-41,42-27-12-4-13-28-42)43-29-14-5-15-30-43)56(54(44)46)49-36-19-35-48-52(49)45-31-16-17-34-47(45)55(48)40-23-8-2-9-24-40/h1-38H. The van der Waals surface area contributed by atoms with Crippen LogP contribution in [0.4, 0.5) is 0 Å². The quantitative estimate of drug-likeness (QED) is 0.114. The van der Waals surface area contributed by atoms with Gasteiger partial charge in [-0.3, -0.25) is 0 Å². The van der Waals surface area contributed by atoms with Gasteiger partial charge in [-0.15, -0.1) is 0 Å². The maximum absolute atomic E-state index is 2.92. The van der Waals surface area contributed by atoms with Crippen LogP contribution in [0.15, 0.2) is 231 Å². The van der Waals surface area contributed by atoms with Gasteiger partial charge in [-0.1, -0.05) is 194 Å². The molecule has 2 heterocycles. The van der Waals surface area contributed by atoms with Gasteiger partial charge >= 0.3 is 0 Å². The van der Waals surface area contributed by atoms with Gasteiger partial charge in [0, 0.05) is 32.8 Å². The van der Waals surface area contributed by atoms with Crippen molar-refractivity contribution in [2.75, 3.05) is 0 Å². The molecule has 57 heavy (non-hydrogen) atoms. The largest absolute Gasteiger partial charge is 0.309 e. The van der Waals surface area contributed by atoms with E-state index in [4.69, 9.17) is 0 Å². The summed E-state index contributed by atoms with van der Waals surface area (Å²) in [7, 11) is -2.92. The van der Waals surface area contributed by atoms with Crippen molar-refractivity contribution >= 4 is 72.4 Å². The molecule has 0 aliphatic carbocycles. The van der Waals surface area contributed by atoms with E-state index in [1.54, 1.807) is 0 Å². The van der Waals surface area contributed by atoms with Crippen LogP contribution in [0, 0.1) is 0 Å². The molecule has 3 heteroatoms. The third kappa shape index (κ3) is 5.03. The summed E-state index contributed by atoms with van der Waals surface area (Å²) in [6.45, 7) is 0. The highest BCUT2D eigenvalue weighted by molar-refractivity contribution is 7.20. The highest BCUT2D eigenvalue weighted by Crippen LogP contribution is 2.42. The third-order valence-electron chi connectivity index (χ3n) is 11.9. The molecule has 0 spiro atoms. The minimum Gasteiger partial charge on any atom is -0.309 e. The van der Waals surface area contributed by atoms with Crippen LogP contribution in [0.2, 0.25) is 0 Å². The first-order valence-electron chi connectivity index (χ1n) is 19.7. The monoisotopic (exact) mass is 742 g/mol. The molecule has 2 aromatic heterocycles. The average Bonchev–Trinajstić information content (AvgIpc) is 3.82. The number of nitrogens with zero attached hydrogens (tertiary/aromatic N) is 2. The van der Waals surface area contributed by atoms with Crippen molar-refractivity contribution in [3.8, 4) is 22.5 Å². The second-order valence-corrected chi connectivity index (χ2v) is 18.6. The summed E-state index contributed by atoms with van der Waals surface area (Å²) in [6.07, 6.45) is 0. The Bertz CT molecular complexity index is 3110. The summed E-state index contributed by atoms with van der Waals surface area (Å²) in [5.41, 5.74) is 9.53. The highest BCUT2D eigenvalue weighted by atomic mass is 28.3. The van der Waals surface area contributed by atoms with Crippen LogP contribution >= 0.6 is 0 Å². The molecule has 0 amide bonds. The van der Waals surface area contributed by atoms with Gasteiger partial charge in [0.2, 0.25) is 0 Å². The molecule has 9 aromatic carbocycles. The Morgan fingerprint density at radius 2 is 0.789 bits per heavy atom. The van der Waals surface area contributed by atoms with Crippen LogP contribution in [0.5, 0.6) is 0 Å². The molecule has 0 radical (unpaired) electrons. The molecule has 0 saturated heterocycles. The van der Waals surface area contributed by atoms with Crippen molar-refractivity contribution in [1.29, 1.82) is 0 Å². The number of benzene rings is 9. The molecular weight excluding hydrogens is 705 g/mol. The van der Waals surface area contributed by atoms with Crippen LogP contribution in [0.1, 0.15) is 0 Å². The first-order valence-corrected chi connectivity index (χ1v) is 21.7. The van der Waals surface area contributed by atoms with Gasteiger partial charge in [0.1, 0.15) is 0 Å². The van der Waals surface area contributed by atoms with Gasteiger partial charge < -0.3 is 9.13 Å². The number of hydrogen-bond acceptors (Lipinski definition) is 0. The lowest BCUT2D eigenvalue weighted by Gasteiger charge is -2.35. The second-order valence-electron chi connectivity index (χ2n) is 14.8. The summed E-state index contributed by atoms with van der Waals surface area (Å²) in [5.74, 6) is 0. The maximum atomic E-state index is 2.58. The number of fused-ring (bicyclic) bond motifs is 6. The van der Waals surface area contributed by atoms with Crippen LogP contribution in [-0.4, -0.2) is 17.2 Å². The number of aromatic nitrogens is 2. The normalized spacial score (nSPS) is 11.9. The lowest BCUT2D eigenvalue weighted by atomic mass is 10.0. The van der Waals surface area contributed by atoms with Gasteiger partial charge in [0.25, 0.3) is 0 Å². The molecule has 268 valence electrons. The van der Waals surface area contributed by atoms with Crippen molar-refractivity contribution in [3.63, 3.8) is 0 Å². The van der Waals surface area contributed by atoms with E-state index in [0.29, 0.717) is 0 Å². The minimum absolute atomic E-state index is 1.15. The Kier molecular flexibility index (Phi) is 7.87. The second kappa shape index (κ2) is 13.5. The smallest absolute Gasteiger partial charge is 0.180 e. The molecule has 0 atom stereocenters. The van der Waals surface area contributed by atoms with E-state index in [1.165, 1.54) is 81.2 Å². The first-order chi connectivity index (χ1) is 28.3. The molecule has 0 aliphatic rings. The van der Waals surface area contributed by atoms with Crippen molar-refractivity contribution in [2.45, 2.75) is 0 Å². The van der Waals surface area contributed by atoms with E-state index in [1.807, 2.05) is 0 Å². The average molecular weight is 743 g/mol. The van der Waals surface area contributed by atoms with E-state index in [9.17, 15) is 0 Å². The molecule has 0 bridgehead atoms. The van der Waals surface area contributed by atoms with Crippen molar-refractivity contribution < 1.29 is 0 Å². The zero-order chi connectivity index (χ0) is 37.8. The molecule has 2 nitrogen and oxygen atoms in total. The van der Waals surface area contributed by atoms with Crippen molar-refractivity contribution in [2.24, 2.45) is 0 Å². The lowest BCUT2D eigenvalue weighted by Crippen LogP contribution is -2.74. The Balaban J connectivity index is 1.35. The number of rotatable bonds is 7. The summed E-state index contributed by atoms with van der Waals surface area (Å²) in [6, 6.07) is 85.2. The van der Waals surface area contributed by atoms with Crippen LogP contribution in [-0.2, 0) is 0 Å². The minimum atomic E-state index is -2.92. The highest BCUT2D eigenvalue weighted by Gasteiger charge is 2.43. The van der Waals surface area contributed by atoms with E-state index in [-0.39, 0.29) is 0 Å². The van der Waals surface area contributed by atoms with Gasteiger partial charge in [-0.2, -0.15) is 0 Å². The summed E-state index contributed by atoms with van der Waals surface area (Å²) in [5, 5.41) is 10.5. The topological polar surface area (TPSA) is 9.86 Å². The van der Waals surface area contributed by atoms with Crippen molar-refractivity contribution in [1.82, 2.24) is 9.13 Å².